The van der Waals surface area contributed by atoms with Crippen LogP contribution in [-0.4, -0.2) is 88.4 Å². The number of hydrazine groups is 1. The predicted molar refractivity (Wildman–Crippen MR) is 152 cm³/mol. The van der Waals surface area contributed by atoms with E-state index < -0.39 is 18.2 Å². The number of nitrogens with one attached hydrogen (secondary N) is 2. The lowest BCUT2D eigenvalue weighted by molar-refractivity contribution is -0.136. The maximum Gasteiger partial charge on any atom is 0.412 e. The number of hydrogen-bond donors (Lipinski definition) is 3. The van der Waals surface area contributed by atoms with Crippen molar-refractivity contribution in [3.05, 3.63) is 71.4 Å². The molecule has 1 saturated heterocycles. The summed E-state index contributed by atoms with van der Waals surface area (Å²) in [6.07, 6.45) is 0.555. The summed E-state index contributed by atoms with van der Waals surface area (Å²) in [5, 5.41) is 15.8. The molecule has 2 heterocycles. The lowest BCUT2D eigenvalue weighted by Crippen LogP contribution is -2.53. The number of amides is 3. The summed E-state index contributed by atoms with van der Waals surface area (Å²) < 4.78 is 5.56. The number of piperazine rings is 1. The standard InChI is InChI=1S/C28H33ClN6O5/c1-20(36)35(31-18-23-8-4-5-9-25(23)29)24(10-11-33-12-14-34(15-13-33)28(38)39)19-40-27(37)32-26-16-21-6-2-3-7-22(21)17-30-26/h2-9,16-17,24,31H,10-15,18-19H2,1H3,(H,38,39)(H,30,32,37)/t24-/m0/s1. The first kappa shape index (κ1) is 29.1. The van der Waals surface area contributed by atoms with E-state index in [-0.39, 0.29) is 12.5 Å². The molecule has 3 N–H and O–H groups in total. The molecular weight excluding hydrogens is 536 g/mol. The summed E-state index contributed by atoms with van der Waals surface area (Å²) in [4.78, 5) is 44.4. The van der Waals surface area contributed by atoms with Crippen LogP contribution in [0.25, 0.3) is 10.8 Å². The molecule has 1 atom stereocenters. The molecule has 3 aromatic rings. The van der Waals surface area contributed by atoms with Gasteiger partial charge in [0, 0.05) is 62.8 Å². The Morgan fingerprint density at radius 1 is 1.07 bits per heavy atom. The number of aromatic nitrogens is 1. The number of rotatable bonds is 10. The summed E-state index contributed by atoms with van der Waals surface area (Å²) in [5.41, 5.74) is 3.97. The van der Waals surface area contributed by atoms with Crippen LogP contribution in [0.1, 0.15) is 18.9 Å². The van der Waals surface area contributed by atoms with E-state index in [1.54, 1.807) is 18.3 Å². The smallest absolute Gasteiger partial charge is 0.412 e. The quantitative estimate of drug-likeness (QED) is 0.313. The van der Waals surface area contributed by atoms with Gasteiger partial charge in [0.2, 0.25) is 5.91 Å². The van der Waals surface area contributed by atoms with Gasteiger partial charge in [-0.2, -0.15) is 0 Å². The minimum Gasteiger partial charge on any atom is -0.465 e. The van der Waals surface area contributed by atoms with Crippen LogP contribution >= 0.6 is 11.6 Å². The molecule has 1 aliphatic rings. The maximum absolute atomic E-state index is 12.7. The van der Waals surface area contributed by atoms with Crippen molar-refractivity contribution in [1.29, 1.82) is 0 Å². The molecule has 2 aromatic carbocycles. The van der Waals surface area contributed by atoms with Crippen molar-refractivity contribution >= 4 is 46.3 Å². The molecule has 1 aromatic heterocycles. The number of halogens is 1. The number of pyridine rings is 1. The molecule has 11 nitrogen and oxygen atoms in total. The highest BCUT2D eigenvalue weighted by Gasteiger charge is 2.26. The Kier molecular flexibility index (Phi) is 10.1. The number of carbonyl (C=O) groups is 3. The minimum absolute atomic E-state index is 0.0659. The summed E-state index contributed by atoms with van der Waals surface area (Å²) in [5.74, 6) is 0.116. The van der Waals surface area contributed by atoms with E-state index >= 15 is 0 Å². The van der Waals surface area contributed by atoms with E-state index in [2.05, 4.69) is 20.6 Å². The summed E-state index contributed by atoms with van der Waals surface area (Å²) in [6.45, 7) is 4.27. The van der Waals surface area contributed by atoms with E-state index in [0.29, 0.717) is 56.5 Å². The predicted octanol–water partition coefficient (Wildman–Crippen LogP) is 4.04. The fourth-order valence-corrected chi connectivity index (χ4v) is 4.76. The van der Waals surface area contributed by atoms with E-state index in [9.17, 15) is 19.5 Å². The van der Waals surface area contributed by atoms with E-state index in [1.807, 2.05) is 42.5 Å². The number of fused-ring (bicyclic) bond motifs is 1. The van der Waals surface area contributed by atoms with Gasteiger partial charge in [0.05, 0.1) is 6.04 Å². The van der Waals surface area contributed by atoms with Gasteiger partial charge in [0.15, 0.2) is 0 Å². The second-order valence-corrected chi connectivity index (χ2v) is 9.92. The number of benzene rings is 2. The lowest BCUT2D eigenvalue weighted by Gasteiger charge is -2.36. The van der Waals surface area contributed by atoms with Crippen molar-refractivity contribution in [3.63, 3.8) is 0 Å². The molecule has 4 rings (SSSR count). The number of carboxylic acid groups (broad SMARTS) is 1. The fraction of sp³-hybridized carbons (Fsp3) is 0.357. The zero-order valence-corrected chi connectivity index (χ0v) is 23.0. The molecule has 1 aliphatic heterocycles. The van der Waals surface area contributed by atoms with E-state index in [0.717, 1.165) is 16.3 Å². The fourth-order valence-electron chi connectivity index (χ4n) is 4.56. The lowest BCUT2D eigenvalue weighted by atomic mass is 10.1. The molecule has 40 heavy (non-hydrogen) atoms. The summed E-state index contributed by atoms with van der Waals surface area (Å²) >= 11 is 6.30. The number of hydrogen-bond acceptors (Lipinski definition) is 7. The van der Waals surface area contributed by atoms with Crippen molar-refractivity contribution in [2.75, 3.05) is 44.6 Å². The zero-order valence-electron chi connectivity index (χ0n) is 22.3. The number of nitrogens with zero attached hydrogens (tertiary/aromatic N) is 4. The van der Waals surface area contributed by atoms with Crippen molar-refractivity contribution in [2.45, 2.75) is 25.9 Å². The Morgan fingerprint density at radius 3 is 2.48 bits per heavy atom. The van der Waals surface area contributed by atoms with Gasteiger partial charge in [0.25, 0.3) is 0 Å². The zero-order chi connectivity index (χ0) is 28.5. The number of anilines is 1. The van der Waals surface area contributed by atoms with Crippen LogP contribution in [-0.2, 0) is 16.1 Å². The van der Waals surface area contributed by atoms with Gasteiger partial charge < -0.3 is 14.7 Å². The highest BCUT2D eigenvalue weighted by Crippen LogP contribution is 2.18. The first-order chi connectivity index (χ1) is 19.3. The second kappa shape index (κ2) is 13.9. The van der Waals surface area contributed by atoms with E-state index in [4.69, 9.17) is 16.3 Å². The number of ether oxygens (including phenoxy) is 1. The Bertz CT molecular complexity index is 1330. The maximum atomic E-state index is 12.7. The van der Waals surface area contributed by atoms with Gasteiger partial charge in [-0.15, -0.1) is 0 Å². The summed E-state index contributed by atoms with van der Waals surface area (Å²) in [7, 11) is 0. The van der Waals surface area contributed by atoms with Crippen LogP contribution in [0.2, 0.25) is 5.02 Å². The largest absolute Gasteiger partial charge is 0.465 e. The molecule has 212 valence electrons. The first-order valence-electron chi connectivity index (χ1n) is 13.1. The molecule has 3 amide bonds. The Morgan fingerprint density at radius 2 is 1.77 bits per heavy atom. The highest BCUT2D eigenvalue weighted by molar-refractivity contribution is 6.31. The van der Waals surface area contributed by atoms with Crippen molar-refractivity contribution in [2.24, 2.45) is 0 Å². The molecule has 0 radical (unpaired) electrons. The molecule has 12 heteroatoms. The Hall–Kier alpha value is -3.93. The van der Waals surface area contributed by atoms with Crippen LogP contribution in [0.4, 0.5) is 15.4 Å². The van der Waals surface area contributed by atoms with Gasteiger partial charge in [-0.25, -0.2) is 20.0 Å². The van der Waals surface area contributed by atoms with Gasteiger partial charge in [-0.3, -0.25) is 20.0 Å². The molecule has 0 bridgehead atoms. The Balaban J connectivity index is 1.40. The van der Waals surface area contributed by atoms with Gasteiger partial charge >= 0.3 is 12.2 Å². The van der Waals surface area contributed by atoms with Crippen LogP contribution in [0.3, 0.4) is 0 Å². The van der Waals surface area contributed by atoms with Crippen molar-refractivity contribution < 1.29 is 24.2 Å². The third-order valence-electron chi connectivity index (χ3n) is 6.79. The van der Waals surface area contributed by atoms with Crippen LogP contribution in [0, 0.1) is 0 Å². The van der Waals surface area contributed by atoms with Crippen molar-refractivity contribution in [3.8, 4) is 0 Å². The van der Waals surface area contributed by atoms with Gasteiger partial charge in [0.1, 0.15) is 12.4 Å². The topological polar surface area (TPSA) is 127 Å². The third kappa shape index (κ3) is 8.04. The Labute approximate surface area is 237 Å². The molecule has 1 fully saturated rings. The molecule has 0 spiro atoms. The third-order valence-corrected chi connectivity index (χ3v) is 7.16. The monoisotopic (exact) mass is 568 g/mol. The van der Waals surface area contributed by atoms with Crippen molar-refractivity contribution in [1.82, 2.24) is 25.2 Å². The van der Waals surface area contributed by atoms with Crippen LogP contribution < -0.4 is 10.7 Å². The van der Waals surface area contributed by atoms with Crippen LogP contribution in [0.5, 0.6) is 0 Å². The average molecular weight is 569 g/mol. The minimum atomic E-state index is -0.927. The molecule has 0 unspecified atom stereocenters. The van der Waals surface area contributed by atoms with Gasteiger partial charge in [-0.05, 0) is 29.5 Å². The second-order valence-electron chi connectivity index (χ2n) is 9.51. The summed E-state index contributed by atoms with van der Waals surface area (Å²) in [6, 6.07) is 16.3. The van der Waals surface area contributed by atoms with Crippen LogP contribution in [0.15, 0.2) is 60.8 Å². The average Bonchev–Trinajstić information content (AvgIpc) is 2.95. The SMILES string of the molecule is CC(=O)N(NCc1ccccc1Cl)[C@@H](CCN1CCN(C(=O)O)CC1)COC(=O)Nc1cc2ccccc2cn1. The highest BCUT2D eigenvalue weighted by atomic mass is 35.5. The van der Waals surface area contributed by atoms with Gasteiger partial charge in [-0.1, -0.05) is 54.1 Å². The molecule has 0 saturated carbocycles. The molecule has 0 aliphatic carbocycles. The number of carbonyl (C=O) groups excluding carboxylic acids is 2. The molecular formula is C28H33ClN6O5. The van der Waals surface area contributed by atoms with E-state index in [1.165, 1.54) is 16.8 Å². The normalized spacial score (nSPS) is 14.5. The first-order valence-corrected chi connectivity index (χ1v) is 13.4.